The Bertz CT molecular complexity index is 1120. The van der Waals surface area contributed by atoms with Gasteiger partial charge in [-0.05, 0) is 49.4 Å². The van der Waals surface area contributed by atoms with Crippen molar-refractivity contribution < 1.29 is 18.3 Å². The van der Waals surface area contributed by atoms with Gasteiger partial charge in [-0.25, -0.2) is 14.4 Å². The molecule has 8 nitrogen and oxygen atoms in total. The molecule has 1 fully saturated rings. The van der Waals surface area contributed by atoms with Gasteiger partial charge in [0.25, 0.3) is 5.91 Å². The standard InChI is InChI=1S/C23H28FN7OS.F2/c1-4-9-23(3)13-31(14-23)20-11-18(26-19-10-15(2)29-30-19)27-22(28-20)33-17-7-5-16(6-8-17)25-21(32)12-24;1-2/h5-8,10-11H,4,9,12-14H2,1-3H3,(H,25,32)(H2,26,27,28,29,30);. The summed E-state index contributed by atoms with van der Waals surface area (Å²) in [5, 5.41) is 13.5. The third-order valence-corrected chi connectivity index (χ3v) is 6.32. The average Bonchev–Trinajstić information content (AvgIpc) is 3.24. The van der Waals surface area contributed by atoms with Crippen molar-refractivity contribution in [3.8, 4) is 0 Å². The summed E-state index contributed by atoms with van der Waals surface area (Å²) in [7, 11) is 0. The van der Waals surface area contributed by atoms with Crippen LogP contribution in [0.5, 0.6) is 0 Å². The molecule has 1 saturated heterocycles. The third kappa shape index (κ3) is 7.10. The van der Waals surface area contributed by atoms with E-state index in [2.05, 4.69) is 44.6 Å². The van der Waals surface area contributed by atoms with E-state index in [1.807, 2.05) is 31.2 Å². The van der Waals surface area contributed by atoms with E-state index in [0.717, 1.165) is 29.5 Å². The molecule has 0 saturated carbocycles. The fourth-order valence-corrected chi connectivity index (χ4v) is 4.77. The first-order valence-corrected chi connectivity index (χ1v) is 11.9. The molecule has 0 spiro atoms. The Morgan fingerprint density at radius 2 is 1.89 bits per heavy atom. The molecule has 0 aliphatic carbocycles. The lowest BCUT2D eigenvalue weighted by Crippen LogP contribution is -2.55. The number of hydrogen-bond donors (Lipinski definition) is 3. The first-order chi connectivity index (χ1) is 16.9. The molecule has 2 aromatic heterocycles. The zero-order chi connectivity index (χ0) is 25.4. The van der Waals surface area contributed by atoms with E-state index >= 15 is 0 Å². The van der Waals surface area contributed by atoms with Crippen molar-refractivity contribution in [3.05, 3.63) is 42.1 Å². The second kappa shape index (κ2) is 11.9. The zero-order valence-electron chi connectivity index (χ0n) is 19.7. The van der Waals surface area contributed by atoms with Crippen molar-refractivity contribution in [2.75, 3.05) is 35.3 Å². The van der Waals surface area contributed by atoms with Gasteiger partial charge in [-0.3, -0.25) is 9.89 Å². The molecule has 35 heavy (non-hydrogen) atoms. The maximum Gasteiger partial charge on any atom is 0.255 e. The minimum Gasteiger partial charge on any atom is -0.355 e. The largest absolute Gasteiger partial charge is 0.355 e. The summed E-state index contributed by atoms with van der Waals surface area (Å²) in [6, 6.07) is 11.0. The smallest absolute Gasteiger partial charge is 0.255 e. The monoisotopic (exact) mass is 507 g/mol. The number of halogens is 3. The topological polar surface area (TPSA) is 98.8 Å². The van der Waals surface area contributed by atoms with Gasteiger partial charge in [0.1, 0.15) is 11.6 Å². The van der Waals surface area contributed by atoms with Crippen molar-refractivity contribution in [1.82, 2.24) is 20.2 Å². The highest BCUT2D eigenvalue weighted by molar-refractivity contribution is 7.99. The number of carbonyl (C=O) groups is 1. The van der Waals surface area contributed by atoms with Gasteiger partial charge in [0.2, 0.25) is 0 Å². The number of anilines is 4. The van der Waals surface area contributed by atoms with Crippen molar-refractivity contribution in [2.45, 2.75) is 43.7 Å². The van der Waals surface area contributed by atoms with Crippen LogP contribution in [0.25, 0.3) is 0 Å². The Kier molecular flexibility index (Phi) is 8.96. The van der Waals surface area contributed by atoms with Crippen LogP contribution in [0.1, 0.15) is 32.4 Å². The molecule has 188 valence electrons. The Labute approximate surface area is 206 Å². The number of H-pyrrole nitrogens is 1. The van der Waals surface area contributed by atoms with E-state index in [1.165, 1.54) is 24.6 Å². The molecule has 1 amide bonds. The fraction of sp³-hybridized carbons (Fsp3) is 0.391. The molecule has 3 aromatic rings. The number of alkyl halides is 1. The summed E-state index contributed by atoms with van der Waals surface area (Å²) in [5.74, 6) is 1.58. The first-order valence-electron chi connectivity index (χ1n) is 11.1. The molecule has 4 rings (SSSR count). The number of nitrogens with one attached hydrogen (secondary N) is 3. The normalized spacial score (nSPS) is 13.9. The summed E-state index contributed by atoms with van der Waals surface area (Å²) in [6.45, 7) is 7.36. The van der Waals surface area contributed by atoms with Crippen LogP contribution < -0.4 is 15.5 Å². The Hall–Kier alpha value is -3.28. The third-order valence-electron chi connectivity index (χ3n) is 5.45. The maximum absolute atomic E-state index is 12.4. The molecule has 0 unspecified atom stereocenters. The highest BCUT2D eigenvalue weighted by atomic mass is 32.2. The van der Waals surface area contributed by atoms with Crippen LogP contribution in [0.2, 0.25) is 0 Å². The van der Waals surface area contributed by atoms with Crippen LogP contribution in [-0.4, -0.2) is 45.8 Å². The van der Waals surface area contributed by atoms with Gasteiger partial charge in [-0.2, -0.15) is 5.10 Å². The lowest BCUT2D eigenvalue weighted by molar-refractivity contribution is -0.117. The van der Waals surface area contributed by atoms with E-state index < -0.39 is 12.6 Å². The van der Waals surface area contributed by atoms with E-state index in [0.29, 0.717) is 27.9 Å². The van der Waals surface area contributed by atoms with Crippen molar-refractivity contribution in [3.63, 3.8) is 0 Å². The number of amides is 1. The number of benzene rings is 1. The molecule has 1 aliphatic rings. The maximum atomic E-state index is 12.4. The predicted molar refractivity (Wildman–Crippen MR) is 131 cm³/mol. The first kappa shape index (κ1) is 26.3. The molecule has 12 heteroatoms. The molecular formula is C23H28F3N7OS. The van der Waals surface area contributed by atoms with Crippen LogP contribution in [0, 0.1) is 12.3 Å². The van der Waals surface area contributed by atoms with Gasteiger partial charge in [-0.1, -0.05) is 20.3 Å². The second-order valence-corrected chi connectivity index (χ2v) is 9.72. The molecule has 3 heterocycles. The van der Waals surface area contributed by atoms with Crippen LogP contribution in [0.4, 0.5) is 36.7 Å². The molecular weight excluding hydrogens is 479 g/mol. The average molecular weight is 508 g/mol. The van der Waals surface area contributed by atoms with E-state index in [9.17, 15) is 9.18 Å². The minimum absolute atomic E-state index is 0.319. The molecule has 3 N–H and O–H groups in total. The molecule has 1 aliphatic heterocycles. The van der Waals surface area contributed by atoms with Gasteiger partial charge in [0.15, 0.2) is 17.6 Å². The van der Waals surface area contributed by atoms with Gasteiger partial charge in [0.05, 0.1) is 0 Å². The van der Waals surface area contributed by atoms with Crippen LogP contribution in [0.15, 0.2) is 46.5 Å². The molecule has 0 bridgehead atoms. The number of carbonyl (C=O) groups excluding carboxylic acids is 1. The van der Waals surface area contributed by atoms with E-state index in [-0.39, 0.29) is 0 Å². The SMILES string of the molecule is CCCC1(C)CN(c2cc(Nc3cc(C)[nH]n3)nc(Sc3ccc(NC(=O)CF)cc3)n2)C1.FF. The van der Waals surface area contributed by atoms with Gasteiger partial charge >= 0.3 is 0 Å². The Morgan fingerprint density at radius 3 is 2.49 bits per heavy atom. The number of rotatable bonds is 9. The fourth-order valence-electron chi connectivity index (χ4n) is 4.00. The van der Waals surface area contributed by atoms with Gasteiger partial charge in [-0.15, -0.1) is 0 Å². The zero-order valence-corrected chi connectivity index (χ0v) is 20.6. The minimum atomic E-state index is -1.05. The van der Waals surface area contributed by atoms with Crippen molar-refractivity contribution >= 4 is 40.8 Å². The Balaban J connectivity index is 0.00000167. The van der Waals surface area contributed by atoms with E-state index in [4.69, 9.17) is 14.1 Å². The highest BCUT2D eigenvalue weighted by Gasteiger charge is 2.38. The molecule has 1 aromatic carbocycles. The van der Waals surface area contributed by atoms with E-state index in [1.54, 1.807) is 12.1 Å². The van der Waals surface area contributed by atoms with Crippen molar-refractivity contribution in [1.29, 1.82) is 0 Å². The highest BCUT2D eigenvalue weighted by Crippen LogP contribution is 2.38. The summed E-state index contributed by atoms with van der Waals surface area (Å²) in [4.78, 5) is 23.9. The predicted octanol–water partition coefficient (Wildman–Crippen LogP) is 5.78. The lowest BCUT2D eigenvalue weighted by Gasteiger charge is -2.49. The number of aryl methyl sites for hydroxylation is 1. The summed E-state index contributed by atoms with van der Waals surface area (Å²) in [6.07, 6.45) is 2.36. The summed E-state index contributed by atoms with van der Waals surface area (Å²) < 4.78 is 28.4. The molecule has 0 radical (unpaired) electrons. The van der Waals surface area contributed by atoms with Gasteiger partial charge < -0.3 is 15.5 Å². The van der Waals surface area contributed by atoms with Crippen molar-refractivity contribution in [2.24, 2.45) is 5.41 Å². The second-order valence-electron chi connectivity index (χ2n) is 8.68. The lowest BCUT2D eigenvalue weighted by atomic mass is 9.78. The quantitative estimate of drug-likeness (QED) is 0.316. The van der Waals surface area contributed by atoms with Crippen LogP contribution >= 0.6 is 11.8 Å². The number of aromatic nitrogens is 4. The number of hydrogen-bond acceptors (Lipinski definition) is 7. The number of aromatic amines is 1. The van der Waals surface area contributed by atoms with Gasteiger partial charge in [0, 0.05) is 56.1 Å². The van der Waals surface area contributed by atoms with Crippen LogP contribution in [0.3, 0.4) is 0 Å². The Morgan fingerprint density at radius 1 is 1.17 bits per heavy atom. The summed E-state index contributed by atoms with van der Waals surface area (Å²) in [5.41, 5.74) is 1.82. The number of nitrogens with zero attached hydrogens (tertiary/aromatic N) is 4. The summed E-state index contributed by atoms with van der Waals surface area (Å²) >= 11 is 1.42. The molecule has 0 atom stereocenters. The van der Waals surface area contributed by atoms with Crippen LogP contribution in [-0.2, 0) is 4.79 Å².